The normalized spacial score (nSPS) is 10.2. The average Bonchev–Trinajstić information content (AvgIpc) is 2.62. The molecule has 0 aliphatic rings. The van der Waals surface area contributed by atoms with Gasteiger partial charge in [-0.3, -0.25) is 9.59 Å². The summed E-state index contributed by atoms with van der Waals surface area (Å²) in [5, 5.41) is 5.72. The van der Waals surface area contributed by atoms with Crippen molar-refractivity contribution in [1.29, 1.82) is 0 Å². The number of rotatable bonds is 8. The minimum atomic E-state index is -0.394. The summed E-state index contributed by atoms with van der Waals surface area (Å²) in [6, 6.07) is 11.2. The highest BCUT2D eigenvalue weighted by molar-refractivity contribution is 7.99. The van der Waals surface area contributed by atoms with Gasteiger partial charge in [-0.2, -0.15) is 0 Å². The highest BCUT2D eigenvalue weighted by Crippen LogP contribution is 2.20. The molecule has 0 radical (unpaired) electrons. The molecular formula is C19H18ClFN2O2S. The van der Waals surface area contributed by atoms with Crippen LogP contribution in [0, 0.1) is 5.82 Å². The second-order valence-electron chi connectivity index (χ2n) is 5.32. The smallest absolute Gasteiger partial charge is 0.253 e. The summed E-state index contributed by atoms with van der Waals surface area (Å²) < 4.78 is 13.7. The Morgan fingerprint density at radius 1 is 1.23 bits per heavy atom. The average molecular weight is 393 g/mol. The van der Waals surface area contributed by atoms with Gasteiger partial charge in [0, 0.05) is 17.3 Å². The number of carbonyl (C=O) groups excluding carboxylic acids is 2. The highest BCUT2D eigenvalue weighted by Gasteiger charge is 2.13. The van der Waals surface area contributed by atoms with Crippen LogP contribution in [0.4, 0.5) is 10.1 Å². The monoisotopic (exact) mass is 392 g/mol. The van der Waals surface area contributed by atoms with Gasteiger partial charge in [0.15, 0.2) is 0 Å². The summed E-state index contributed by atoms with van der Waals surface area (Å²) in [4.78, 5) is 24.2. The minimum absolute atomic E-state index is 0.130. The fourth-order valence-electron chi connectivity index (χ4n) is 2.13. The van der Waals surface area contributed by atoms with Gasteiger partial charge in [0.1, 0.15) is 5.82 Å². The maximum Gasteiger partial charge on any atom is 0.253 e. The van der Waals surface area contributed by atoms with E-state index in [1.54, 1.807) is 42.5 Å². The van der Waals surface area contributed by atoms with Crippen LogP contribution in [0.2, 0.25) is 5.02 Å². The zero-order chi connectivity index (χ0) is 18.9. The van der Waals surface area contributed by atoms with Crippen LogP contribution >= 0.6 is 23.4 Å². The van der Waals surface area contributed by atoms with Crippen molar-refractivity contribution in [3.05, 3.63) is 77.1 Å². The van der Waals surface area contributed by atoms with Crippen LogP contribution in [-0.2, 0) is 10.5 Å². The van der Waals surface area contributed by atoms with E-state index in [2.05, 4.69) is 17.2 Å². The van der Waals surface area contributed by atoms with E-state index in [1.807, 2.05) is 0 Å². The molecule has 0 fully saturated rings. The fraction of sp³-hybridized carbons (Fsp3) is 0.158. The molecule has 0 spiro atoms. The Morgan fingerprint density at radius 2 is 2.00 bits per heavy atom. The van der Waals surface area contributed by atoms with Gasteiger partial charge in [-0.15, -0.1) is 18.3 Å². The molecule has 0 saturated carbocycles. The Morgan fingerprint density at radius 3 is 2.73 bits per heavy atom. The lowest BCUT2D eigenvalue weighted by Gasteiger charge is -2.11. The van der Waals surface area contributed by atoms with Gasteiger partial charge < -0.3 is 10.6 Å². The maximum absolute atomic E-state index is 13.7. The Bertz CT molecular complexity index is 814. The molecule has 4 nitrogen and oxygen atoms in total. The Labute approximate surface area is 160 Å². The maximum atomic E-state index is 13.7. The number of para-hydroxylation sites is 1. The molecule has 0 heterocycles. The summed E-state index contributed by atoms with van der Waals surface area (Å²) in [5.74, 6) is -0.484. The van der Waals surface area contributed by atoms with E-state index in [1.165, 1.54) is 17.8 Å². The minimum Gasteiger partial charge on any atom is -0.349 e. The Balaban J connectivity index is 1.91. The number of benzene rings is 2. The molecule has 2 aromatic rings. The topological polar surface area (TPSA) is 58.2 Å². The molecule has 0 aromatic heterocycles. The van der Waals surface area contributed by atoms with Crippen LogP contribution in [-0.4, -0.2) is 24.1 Å². The van der Waals surface area contributed by atoms with Gasteiger partial charge >= 0.3 is 0 Å². The first-order chi connectivity index (χ1) is 12.5. The summed E-state index contributed by atoms with van der Waals surface area (Å²) in [6.45, 7) is 3.88. The molecule has 2 amide bonds. The lowest BCUT2D eigenvalue weighted by Crippen LogP contribution is -2.25. The molecule has 2 aromatic carbocycles. The third-order valence-corrected chi connectivity index (χ3v) is 4.58. The van der Waals surface area contributed by atoms with Crippen molar-refractivity contribution in [3.8, 4) is 0 Å². The zero-order valence-electron chi connectivity index (χ0n) is 13.9. The van der Waals surface area contributed by atoms with Crippen molar-refractivity contribution in [2.75, 3.05) is 17.6 Å². The second kappa shape index (κ2) is 9.99. The van der Waals surface area contributed by atoms with E-state index < -0.39 is 5.82 Å². The first kappa shape index (κ1) is 20.0. The predicted octanol–water partition coefficient (Wildman–Crippen LogP) is 4.27. The van der Waals surface area contributed by atoms with Crippen LogP contribution in [0.5, 0.6) is 0 Å². The van der Waals surface area contributed by atoms with Crippen molar-refractivity contribution in [2.24, 2.45) is 0 Å². The van der Waals surface area contributed by atoms with Crippen molar-refractivity contribution < 1.29 is 14.0 Å². The molecule has 0 saturated heterocycles. The van der Waals surface area contributed by atoms with Gasteiger partial charge in [0.25, 0.3) is 5.91 Å². The van der Waals surface area contributed by atoms with Crippen LogP contribution in [0.1, 0.15) is 15.9 Å². The molecule has 0 aliphatic heterocycles. The van der Waals surface area contributed by atoms with Gasteiger partial charge in [-0.1, -0.05) is 35.9 Å². The number of halogens is 2. The molecule has 0 unspecified atom stereocenters. The molecular weight excluding hydrogens is 375 g/mol. The number of hydrogen-bond acceptors (Lipinski definition) is 3. The molecule has 7 heteroatoms. The summed E-state index contributed by atoms with van der Waals surface area (Å²) >= 11 is 6.99. The molecule has 26 heavy (non-hydrogen) atoms. The van der Waals surface area contributed by atoms with Gasteiger partial charge in [-0.05, 0) is 29.8 Å². The lowest BCUT2D eigenvalue weighted by molar-refractivity contribution is -0.113. The molecule has 2 rings (SSSR count). The molecule has 0 bridgehead atoms. The molecule has 0 atom stereocenters. The quantitative estimate of drug-likeness (QED) is 0.660. The first-order valence-electron chi connectivity index (χ1n) is 7.81. The van der Waals surface area contributed by atoms with Crippen LogP contribution in [0.15, 0.2) is 55.1 Å². The van der Waals surface area contributed by atoms with E-state index in [0.717, 1.165) is 0 Å². The number of nitrogens with one attached hydrogen (secondary N) is 2. The van der Waals surface area contributed by atoms with E-state index in [4.69, 9.17) is 11.6 Å². The van der Waals surface area contributed by atoms with Crippen LogP contribution in [0.25, 0.3) is 0 Å². The lowest BCUT2D eigenvalue weighted by atomic mass is 10.1. The van der Waals surface area contributed by atoms with E-state index >= 15 is 0 Å². The summed E-state index contributed by atoms with van der Waals surface area (Å²) in [6.07, 6.45) is 1.58. The SMILES string of the molecule is C=CCNC(=O)c1ccccc1NC(=O)CSCc1ccc(Cl)cc1F. The fourth-order valence-corrected chi connectivity index (χ4v) is 3.10. The number of carbonyl (C=O) groups is 2. The third-order valence-electron chi connectivity index (χ3n) is 3.36. The highest BCUT2D eigenvalue weighted by atomic mass is 35.5. The summed E-state index contributed by atoms with van der Waals surface area (Å²) in [7, 11) is 0. The third kappa shape index (κ3) is 5.89. The van der Waals surface area contributed by atoms with Crippen molar-refractivity contribution in [1.82, 2.24) is 5.32 Å². The zero-order valence-corrected chi connectivity index (χ0v) is 15.5. The molecule has 2 N–H and O–H groups in total. The Hall–Kier alpha value is -2.31. The van der Waals surface area contributed by atoms with Crippen molar-refractivity contribution in [3.63, 3.8) is 0 Å². The molecule has 0 aliphatic carbocycles. The number of anilines is 1. The largest absolute Gasteiger partial charge is 0.349 e. The first-order valence-corrected chi connectivity index (χ1v) is 9.34. The van der Waals surface area contributed by atoms with Crippen LogP contribution < -0.4 is 10.6 Å². The van der Waals surface area contributed by atoms with Gasteiger partial charge in [0.05, 0.1) is 17.0 Å². The number of amides is 2. The standard InChI is InChI=1S/C19H18ClFN2O2S/c1-2-9-22-19(25)15-5-3-4-6-17(15)23-18(24)12-26-11-13-7-8-14(20)10-16(13)21/h2-8,10H,1,9,11-12H2,(H,22,25)(H,23,24). The van der Waals surface area contributed by atoms with Crippen molar-refractivity contribution >= 4 is 40.9 Å². The number of thioether (sulfide) groups is 1. The second-order valence-corrected chi connectivity index (χ2v) is 6.74. The van der Waals surface area contributed by atoms with E-state index in [9.17, 15) is 14.0 Å². The van der Waals surface area contributed by atoms with E-state index in [-0.39, 0.29) is 17.6 Å². The van der Waals surface area contributed by atoms with Gasteiger partial charge in [-0.25, -0.2) is 4.39 Å². The summed E-state index contributed by atoms with van der Waals surface area (Å²) in [5.41, 5.74) is 1.28. The van der Waals surface area contributed by atoms with Crippen LogP contribution in [0.3, 0.4) is 0 Å². The molecule has 136 valence electrons. The Kier molecular flexibility index (Phi) is 7.69. The van der Waals surface area contributed by atoms with E-state index in [0.29, 0.717) is 34.1 Å². The predicted molar refractivity (Wildman–Crippen MR) is 105 cm³/mol. The van der Waals surface area contributed by atoms with Crippen molar-refractivity contribution in [2.45, 2.75) is 5.75 Å². The number of hydrogen-bond donors (Lipinski definition) is 2. The van der Waals surface area contributed by atoms with Gasteiger partial charge in [0.2, 0.25) is 5.91 Å².